The van der Waals surface area contributed by atoms with Crippen molar-refractivity contribution in [3.8, 4) is 0 Å². The van der Waals surface area contributed by atoms with E-state index in [4.69, 9.17) is 0 Å². The van der Waals surface area contributed by atoms with Gasteiger partial charge in [0.1, 0.15) is 0 Å². The molecule has 0 radical (unpaired) electrons. The van der Waals surface area contributed by atoms with Crippen molar-refractivity contribution in [2.45, 2.75) is 39.2 Å². The van der Waals surface area contributed by atoms with Crippen LogP contribution in [0.1, 0.15) is 50.6 Å². The summed E-state index contributed by atoms with van der Waals surface area (Å²) in [7, 11) is 0. The van der Waals surface area contributed by atoms with Gasteiger partial charge in [-0.2, -0.15) is 0 Å². The van der Waals surface area contributed by atoms with E-state index in [9.17, 15) is 0 Å². The van der Waals surface area contributed by atoms with Crippen LogP contribution in [0.4, 0.5) is 0 Å². The molecule has 1 atom stereocenters. The number of rotatable bonds is 4. The molecule has 3 nitrogen and oxygen atoms in total. The Balaban J connectivity index is 2.31. The van der Waals surface area contributed by atoms with Gasteiger partial charge in [0.05, 0.1) is 17.9 Å². The smallest absolute Gasteiger partial charge is 0.0801 e. The Bertz CT molecular complexity index is 526. The predicted octanol–water partition coefficient (Wildman–Crippen LogP) is 3.47. The molecule has 2 rings (SSSR count). The summed E-state index contributed by atoms with van der Waals surface area (Å²) < 4.78 is 0. The van der Waals surface area contributed by atoms with E-state index < -0.39 is 0 Å². The van der Waals surface area contributed by atoms with Crippen molar-refractivity contribution in [2.24, 2.45) is 0 Å². The van der Waals surface area contributed by atoms with Gasteiger partial charge in [0.2, 0.25) is 0 Å². The van der Waals surface area contributed by atoms with Crippen LogP contribution >= 0.6 is 0 Å². The monoisotopic (exact) mass is 269 g/mol. The molecule has 0 spiro atoms. The molecule has 1 N–H and O–H groups in total. The minimum atomic E-state index is 0.0997. The standard InChI is InChI=1S/C17H23N3/c1-5-19-16(15-12-18-10-11-20-15)13-6-8-14(9-7-13)17(2,3)4/h6-12,16,19H,5H2,1-4H3. The average molecular weight is 269 g/mol. The fourth-order valence-corrected chi connectivity index (χ4v) is 2.23. The number of nitrogens with one attached hydrogen (secondary N) is 1. The van der Waals surface area contributed by atoms with Gasteiger partial charge in [-0.15, -0.1) is 0 Å². The van der Waals surface area contributed by atoms with Gasteiger partial charge in [-0.05, 0) is 23.1 Å². The second-order valence-electron chi connectivity index (χ2n) is 5.99. The zero-order valence-electron chi connectivity index (χ0n) is 12.7. The minimum absolute atomic E-state index is 0.0997. The van der Waals surface area contributed by atoms with Gasteiger partial charge in [-0.25, -0.2) is 0 Å². The number of hydrogen-bond acceptors (Lipinski definition) is 3. The molecule has 3 heteroatoms. The largest absolute Gasteiger partial charge is 0.305 e. The highest BCUT2D eigenvalue weighted by atomic mass is 14.9. The van der Waals surface area contributed by atoms with Crippen LogP contribution in [0.15, 0.2) is 42.9 Å². The van der Waals surface area contributed by atoms with E-state index in [1.165, 1.54) is 11.1 Å². The van der Waals surface area contributed by atoms with E-state index in [1.807, 2.05) is 6.20 Å². The summed E-state index contributed by atoms with van der Waals surface area (Å²) >= 11 is 0. The molecule has 1 unspecified atom stereocenters. The second-order valence-corrected chi connectivity index (χ2v) is 5.99. The summed E-state index contributed by atoms with van der Waals surface area (Å²) in [5.74, 6) is 0. The van der Waals surface area contributed by atoms with Gasteiger partial charge in [0, 0.05) is 12.4 Å². The number of aromatic nitrogens is 2. The van der Waals surface area contributed by atoms with Gasteiger partial charge < -0.3 is 5.32 Å². The quantitative estimate of drug-likeness (QED) is 0.923. The van der Waals surface area contributed by atoms with Crippen LogP contribution in [0, 0.1) is 0 Å². The predicted molar refractivity (Wildman–Crippen MR) is 82.7 cm³/mol. The van der Waals surface area contributed by atoms with Crippen molar-refractivity contribution in [1.29, 1.82) is 0 Å². The van der Waals surface area contributed by atoms with Crippen molar-refractivity contribution in [3.05, 3.63) is 59.7 Å². The molecule has 0 aliphatic heterocycles. The molecule has 1 aromatic heterocycles. The van der Waals surface area contributed by atoms with E-state index in [-0.39, 0.29) is 11.5 Å². The Morgan fingerprint density at radius 3 is 2.30 bits per heavy atom. The van der Waals surface area contributed by atoms with E-state index in [0.29, 0.717) is 0 Å². The minimum Gasteiger partial charge on any atom is -0.305 e. The van der Waals surface area contributed by atoms with Gasteiger partial charge in [-0.3, -0.25) is 9.97 Å². The number of nitrogens with zero attached hydrogens (tertiary/aromatic N) is 2. The van der Waals surface area contributed by atoms with E-state index in [0.717, 1.165) is 12.2 Å². The maximum atomic E-state index is 4.42. The molecule has 0 fully saturated rings. The highest BCUT2D eigenvalue weighted by Gasteiger charge is 2.17. The number of hydrogen-bond donors (Lipinski definition) is 1. The molecule has 0 saturated heterocycles. The fraction of sp³-hybridized carbons (Fsp3) is 0.412. The Morgan fingerprint density at radius 1 is 1.10 bits per heavy atom. The first-order valence-electron chi connectivity index (χ1n) is 7.12. The maximum Gasteiger partial charge on any atom is 0.0801 e. The van der Waals surface area contributed by atoms with E-state index in [2.05, 4.69) is 67.2 Å². The topological polar surface area (TPSA) is 37.8 Å². The van der Waals surface area contributed by atoms with Crippen molar-refractivity contribution >= 4 is 0 Å². The fourth-order valence-electron chi connectivity index (χ4n) is 2.23. The van der Waals surface area contributed by atoms with Crippen LogP contribution in [-0.4, -0.2) is 16.5 Å². The lowest BCUT2D eigenvalue weighted by Crippen LogP contribution is -2.23. The third kappa shape index (κ3) is 3.42. The van der Waals surface area contributed by atoms with Gasteiger partial charge in [0.15, 0.2) is 0 Å². The normalized spacial score (nSPS) is 13.2. The molecule has 0 saturated carbocycles. The maximum absolute atomic E-state index is 4.42. The summed E-state index contributed by atoms with van der Waals surface area (Å²) in [6, 6.07) is 8.87. The van der Waals surface area contributed by atoms with E-state index >= 15 is 0 Å². The first kappa shape index (κ1) is 14.7. The molecule has 0 aliphatic carbocycles. The van der Waals surface area contributed by atoms with Gasteiger partial charge in [0.25, 0.3) is 0 Å². The summed E-state index contributed by atoms with van der Waals surface area (Å²) in [4.78, 5) is 8.59. The Hall–Kier alpha value is -1.74. The lowest BCUT2D eigenvalue weighted by atomic mass is 9.86. The van der Waals surface area contributed by atoms with Crippen LogP contribution in [0.25, 0.3) is 0 Å². The van der Waals surface area contributed by atoms with Crippen molar-refractivity contribution in [2.75, 3.05) is 6.54 Å². The molecule has 106 valence electrons. The van der Waals surface area contributed by atoms with Gasteiger partial charge in [-0.1, -0.05) is 52.0 Å². The molecule has 0 aliphatic rings. The lowest BCUT2D eigenvalue weighted by molar-refractivity contribution is 0.586. The second kappa shape index (κ2) is 6.14. The molecule has 1 heterocycles. The zero-order valence-corrected chi connectivity index (χ0v) is 12.7. The molecule has 0 bridgehead atoms. The first-order chi connectivity index (χ1) is 9.52. The van der Waals surface area contributed by atoms with Crippen molar-refractivity contribution in [1.82, 2.24) is 15.3 Å². The van der Waals surface area contributed by atoms with Crippen molar-refractivity contribution < 1.29 is 0 Å². The Labute approximate surface area is 121 Å². The number of benzene rings is 1. The highest BCUT2D eigenvalue weighted by molar-refractivity contribution is 5.32. The molecule has 0 amide bonds. The van der Waals surface area contributed by atoms with Gasteiger partial charge >= 0.3 is 0 Å². The van der Waals surface area contributed by atoms with Crippen LogP contribution in [0.5, 0.6) is 0 Å². The highest BCUT2D eigenvalue weighted by Crippen LogP contribution is 2.25. The summed E-state index contributed by atoms with van der Waals surface area (Å²) in [5, 5.41) is 3.47. The summed E-state index contributed by atoms with van der Waals surface area (Å²) in [6.07, 6.45) is 5.27. The molecule has 20 heavy (non-hydrogen) atoms. The Kier molecular flexibility index (Phi) is 4.50. The van der Waals surface area contributed by atoms with Crippen LogP contribution < -0.4 is 5.32 Å². The zero-order chi connectivity index (χ0) is 14.6. The van der Waals surface area contributed by atoms with Crippen LogP contribution in [0.3, 0.4) is 0 Å². The molecule has 1 aromatic carbocycles. The SMILES string of the molecule is CCNC(c1ccc(C(C)(C)C)cc1)c1cnccn1. The first-order valence-corrected chi connectivity index (χ1v) is 7.12. The molecular weight excluding hydrogens is 246 g/mol. The molecular formula is C17H23N3. The van der Waals surface area contributed by atoms with Crippen LogP contribution in [0.2, 0.25) is 0 Å². The average Bonchev–Trinajstić information content (AvgIpc) is 2.45. The third-order valence-electron chi connectivity index (χ3n) is 3.40. The van der Waals surface area contributed by atoms with Crippen LogP contribution in [-0.2, 0) is 5.41 Å². The third-order valence-corrected chi connectivity index (χ3v) is 3.40. The Morgan fingerprint density at radius 2 is 1.80 bits per heavy atom. The van der Waals surface area contributed by atoms with Crippen molar-refractivity contribution in [3.63, 3.8) is 0 Å². The summed E-state index contributed by atoms with van der Waals surface area (Å²) in [5.41, 5.74) is 3.70. The molecule has 2 aromatic rings. The summed E-state index contributed by atoms with van der Waals surface area (Å²) in [6.45, 7) is 9.68. The lowest BCUT2D eigenvalue weighted by Gasteiger charge is -2.21. The van der Waals surface area contributed by atoms with E-state index in [1.54, 1.807) is 12.4 Å².